The lowest BCUT2D eigenvalue weighted by atomic mass is 10.0. The van der Waals surface area contributed by atoms with Crippen molar-refractivity contribution in [2.45, 2.75) is 31.7 Å². The van der Waals surface area contributed by atoms with Crippen molar-refractivity contribution in [3.63, 3.8) is 0 Å². The summed E-state index contributed by atoms with van der Waals surface area (Å²) < 4.78 is 42.0. The van der Waals surface area contributed by atoms with Crippen LogP contribution in [0.3, 0.4) is 0 Å². The van der Waals surface area contributed by atoms with Crippen LogP contribution in [0.1, 0.15) is 20.8 Å². The third-order valence-corrected chi connectivity index (χ3v) is 6.22. The predicted octanol–water partition coefficient (Wildman–Crippen LogP) is 3.03. The van der Waals surface area contributed by atoms with E-state index in [4.69, 9.17) is 4.74 Å². The first-order valence-electron chi connectivity index (χ1n) is 9.09. The highest BCUT2D eigenvalue weighted by Crippen LogP contribution is 2.22. The van der Waals surface area contributed by atoms with Gasteiger partial charge in [0.25, 0.3) is 0 Å². The van der Waals surface area contributed by atoms with Crippen LogP contribution in [-0.2, 0) is 14.8 Å². The number of ether oxygens (including phenoxy) is 1. The Hall–Kier alpha value is -2.56. The summed E-state index contributed by atoms with van der Waals surface area (Å²) in [6.07, 6.45) is 0. The molecule has 3 rings (SSSR count). The van der Waals surface area contributed by atoms with E-state index in [1.54, 1.807) is 50.2 Å². The van der Waals surface area contributed by atoms with E-state index in [0.717, 1.165) is 11.7 Å². The number of hydrogen-bond acceptors (Lipinski definition) is 7. The summed E-state index contributed by atoms with van der Waals surface area (Å²) in [4.78, 5) is 12.8. The van der Waals surface area contributed by atoms with Crippen LogP contribution < -0.4 is 14.8 Å². The highest BCUT2D eigenvalue weighted by atomic mass is 32.2. The third kappa shape index (κ3) is 4.89. The van der Waals surface area contributed by atoms with Crippen molar-refractivity contribution in [3.8, 4) is 5.75 Å². The average molecular weight is 435 g/mol. The topological polar surface area (TPSA) is 110 Å². The van der Waals surface area contributed by atoms with Crippen LogP contribution in [0.25, 0.3) is 11.0 Å². The van der Waals surface area contributed by atoms with E-state index in [9.17, 15) is 13.2 Å². The van der Waals surface area contributed by atoms with E-state index in [0.29, 0.717) is 29.1 Å². The maximum Gasteiger partial charge on any atom is 0.243 e. The zero-order valence-corrected chi connectivity index (χ0v) is 17.9. The molecule has 0 aliphatic heterocycles. The second-order valence-electron chi connectivity index (χ2n) is 6.68. The second-order valence-corrected chi connectivity index (χ2v) is 8.89. The third-order valence-electron chi connectivity index (χ3n) is 4.20. The van der Waals surface area contributed by atoms with Crippen LogP contribution in [0.4, 0.5) is 5.69 Å². The summed E-state index contributed by atoms with van der Waals surface area (Å²) in [6, 6.07) is 10.7. The summed E-state index contributed by atoms with van der Waals surface area (Å²) >= 11 is 0.939. The van der Waals surface area contributed by atoms with Crippen LogP contribution >= 0.6 is 11.7 Å². The summed E-state index contributed by atoms with van der Waals surface area (Å²) in [5, 5.41) is 2.75. The van der Waals surface area contributed by atoms with Crippen molar-refractivity contribution < 1.29 is 17.9 Å². The van der Waals surface area contributed by atoms with E-state index in [2.05, 4.69) is 18.8 Å². The van der Waals surface area contributed by atoms with Gasteiger partial charge in [0, 0.05) is 5.69 Å². The second kappa shape index (κ2) is 8.85. The standard InChI is InChI=1S/C19H22N4O4S2/c1-4-27-14-10-8-13(9-11-14)20-19(24)17(12(2)3)23-29(25,26)16-7-5-6-15-18(16)22-28-21-15/h5-12,17,23H,4H2,1-3H3,(H,20,24)/t17-/m1/s1. The van der Waals surface area contributed by atoms with Crippen molar-refractivity contribution >= 4 is 44.4 Å². The van der Waals surface area contributed by atoms with Crippen molar-refractivity contribution in [2.24, 2.45) is 5.92 Å². The van der Waals surface area contributed by atoms with Crippen LogP contribution in [0, 0.1) is 5.92 Å². The molecule has 2 N–H and O–H groups in total. The van der Waals surface area contributed by atoms with Gasteiger partial charge in [-0.05, 0) is 49.2 Å². The van der Waals surface area contributed by atoms with Gasteiger partial charge < -0.3 is 10.1 Å². The number of rotatable bonds is 8. The number of carbonyl (C=O) groups excluding carboxylic acids is 1. The molecule has 3 aromatic rings. The van der Waals surface area contributed by atoms with Gasteiger partial charge in [-0.3, -0.25) is 4.79 Å². The number of nitrogens with zero attached hydrogens (tertiary/aromatic N) is 2. The van der Waals surface area contributed by atoms with Crippen LogP contribution in [-0.4, -0.2) is 35.7 Å². The molecule has 1 heterocycles. The molecule has 0 aliphatic rings. The minimum Gasteiger partial charge on any atom is -0.494 e. The minimum atomic E-state index is -3.98. The number of nitrogens with one attached hydrogen (secondary N) is 2. The lowest BCUT2D eigenvalue weighted by molar-refractivity contribution is -0.118. The highest BCUT2D eigenvalue weighted by Gasteiger charge is 2.30. The fourth-order valence-corrected chi connectivity index (χ4v) is 4.85. The van der Waals surface area contributed by atoms with Gasteiger partial charge in [-0.25, -0.2) is 8.42 Å². The molecular formula is C19H22N4O4S2. The molecule has 0 saturated carbocycles. The summed E-state index contributed by atoms with van der Waals surface area (Å²) in [5.41, 5.74) is 1.34. The number of fused-ring (bicyclic) bond motifs is 1. The molecular weight excluding hydrogens is 412 g/mol. The fourth-order valence-electron chi connectivity index (χ4n) is 2.74. The number of anilines is 1. The van der Waals surface area contributed by atoms with E-state index < -0.39 is 22.0 Å². The summed E-state index contributed by atoms with van der Waals surface area (Å²) in [7, 11) is -3.98. The Morgan fingerprint density at radius 3 is 2.52 bits per heavy atom. The SMILES string of the molecule is CCOc1ccc(NC(=O)[C@H](NS(=O)(=O)c2cccc3nsnc23)C(C)C)cc1. The van der Waals surface area contributed by atoms with E-state index in [1.165, 1.54) is 6.07 Å². The molecule has 0 unspecified atom stereocenters. The molecule has 8 nitrogen and oxygen atoms in total. The smallest absolute Gasteiger partial charge is 0.243 e. The highest BCUT2D eigenvalue weighted by molar-refractivity contribution is 7.89. The van der Waals surface area contributed by atoms with Crippen LogP contribution in [0.5, 0.6) is 5.75 Å². The van der Waals surface area contributed by atoms with Crippen molar-refractivity contribution in [3.05, 3.63) is 42.5 Å². The summed E-state index contributed by atoms with van der Waals surface area (Å²) in [6.45, 7) is 5.98. The maximum absolute atomic E-state index is 13.0. The van der Waals surface area contributed by atoms with E-state index in [-0.39, 0.29) is 10.8 Å². The Kier molecular flexibility index (Phi) is 6.46. The van der Waals surface area contributed by atoms with Crippen molar-refractivity contribution in [1.29, 1.82) is 0 Å². The molecule has 10 heteroatoms. The van der Waals surface area contributed by atoms with Crippen LogP contribution in [0.2, 0.25) is 0 Å². The molecule has 29 heavy (non-hydrogen) atoms. The maximum atomic E-state index is 13.0. The minimum absolute atomic E-state index is 0.00303. The molecule has 1 atom stereocenters. The fraction of sp³-hybridized carbons (Fsp3) is 0.316. The molecule has 0 saturated heterocycles. The first-order valence-corrected chi connectivity index (χ1v) is 11.3. The van der Waals surface area contributed by atoms with Crippen LogP contribution in [0.15, 0.2) is 47.4 Å². The zero-order chi connectivity index (χ0) is 21.0. The van der Waals surface area contributed by atoms with Gasteiger partial charge in [0.2, 0.25) is 15.9 Å². The van der Waals surface area contributed by atoms with Gasteiger partial charge in [-0.15, -0.1) is 0 Å². The Labute approximate surface area is 173 Å². The normalized spacial score (nSPS) is 12.8. The van der Waals surface area contributed by atoms with Crippen molar-refractivity contribution in [1.82, 2.24) is 13.5 Å². The lowest BCUT2D eigenvalue weighted by Gasteiger charge is -2.21. The van der Waals surface area contributed by atoms with Crippen molar-refractivity contribution in [2.75, 3.05) is 11.9 Å². The quantitative estimate of drug-likeness (QED) is 0.564. The first-order chi connectivity index (χ1) is 13.8. The van der Waals surface area contributed by atoms with E-state index >= 15 is 0 Å². The predicted molar refractivity (Wildman–Crippen MR) is 113 cm³/mol. The number of aromatic nitrogens is 2. The Bertz CT molecular complexity index is 1090. The molecule has 0 radical (unpaired) electrons. The molecule has 0 spiro atoms. The lowest BCUT2D eigenvalue weighted by Crippen LogP contribution is -2.47. The van der Waals surface area contributed by atoms with E-state index in [1.807, 2.05) is 6.92 Å². The molecule has 1 aromatic heterocycles. The molecule has 2 aromatic carbocycles. The number of amides is 1. The Morgan fingerprint density at radius 1 is 1.14 bits per heavy atom. The first kappa shape index (κ1) is 21.2. The number of sulfonamides is 1. The molecule has 0 aliphatic carbocycles. The largest absolute Gasteiger partial charge is 0.494 e. The molecule has 0 fully saturated rings. The number of benzene rings is 2. The number of carbonyl (C=O) groups is 1. The van der Waals surface area contributed by atoms with Gasteiger partial charge >= 0.3 is 0 Å². The van der Waals surface area contributed by atoms with Gasteiger partial charge in [0.05, 0.1) is 18.3 Å². The monoisotopic (exact) mass is 434 g/mol. The zero-order valence-electron chi connectivity index (χ0n) is 16.2. The van der Waals surface area contributed by atoms with Gasteiger partial charge in [-0.1, -0.05) is 19.9 Å². The van der Waals surface area contributed by atoms with Gasteiger partial charge in [0.1, 0.15) is 27.7 Å². The molecule has 0 bridgehead atoms. The van der Waals surface area contributed by atoms with Gasteiger partial charge in [0.15, 0.2) is 0 Å². The summed E-state index contributed by atoms with van der Waals surface area (Å²) in [5.74, 6) is -0.0341. The molecule has 154 valence electrons. The Morgan fingerprint density at radius 2 is 1.86 bits per heavy atom. The van der Waals surface area contributed by atoms with Gasteiger partial charge in [-0.2, -0.15) is 13.5 Å². The Balaban J connectivity index is 1.80. The average Bonchev–Trinajstić information content (AvgIpc) is 3.16. The number of hydrogen-bond donors (Lipinski definition) is 2. The molecule has 1 amide bonds.